The van der Waals surface area contributed by atoms with Gasteiger partial charge in [0.25, 0.3) is 0 Å². The summed E-state index contributed by atoms with van der Waals surface area (Å²) in [7, 11) is -0.567. The standard InChI is InChI=1S/C23H30FN3O5S/c1-17(23(29)25-2)26(16-18-7-13-21(32-3)14-8-18)22(28)6-5-15-27(33(4,30)31)20-11-9-19(24)10-12-20/h7-14,17H,5-6,15-16H2,1-4H3,(H,25,29)/t17-/m0/s1. The van der Waals surface area contributed by atoms with Crippen molar-refractivity contribution in [1.82, 2.24) is 10.2 Å². The molecule has 33 heavy (non-hydrogen) atoms. The van der Waals surface area contributed by atoms with E-state index in [1.807, 2.05) is 12.1 Å². The first-order chi connectivity index (χ1) is 15.6. The molecular formula is C23H30FN3O5S. The molecule has 0 aromatic heterocycles. The molecule has 2 amide bonds. The lowest BCUT2D eigenvalue weighted by Gasteiger charge is -2.29. The molecule has 0 aliphatic carbocycles. The number of halogens is 1. The van der Waals surface area contributed by atoms with E-state index < -0.39 is 21.9 Å². The second-order valence-corrected chi connectivity index (χ2v) is 9.48. The number of likely N-dealkylation sites (N-methyl/N-ethyl adjacent to an activating group) is 1. The van der Waals surface area contributed by atoms with Gasteiger partial charge in [0.1, 0.15) is 17.6 Å². The monoisotopic (exact) mass is 479 g/mol. The molecule has 8 nitrogen and oxygen atoms in total. The summed E-state index contributed by atoms with van der Waals surface area (Å²) in [5, 5.41) is 2.55. The van der Waals surface area contributed by atoms with Crippen LogP contribution in [-0.4, -0.2) is 58.1 Å². The number of amides is 2. The highest BCUT2D eigenvalue weighted by Crippen LogP contribution is 2.20. The van der Waals surface area contributed by atoms with Gasteiger partial charge in [0.05, 0.1) is 19.1 Å². The van der Waals surface area contributed by atoms with E-state index in [1.165, 1.54) is 36.2 Å². The molecule has 0 heterocycles. The Kier molecular flexibility index (Phi) is 9.22. The summed E-state index contributed by atoms with van der Waals surface area (Å²) in [4.78, 5) is 26.7. The number of benzene rings is 2. The van der Waals surface area contributed by atoms with E-state index in [0.717, 1.165) is 16.1 Å². The molecule has 0 spiro atoms. The minimum Gasteiger partial charge on any atom is -0.497 e. The molecular weight excluding hydrogens is 449 g/mol. The maximum absolute atomic E-state index is 13.2. The molecule has 0 saturated heterocycles. The van der Waals surface area contributed by atoms with Crippen molar-refractivity contribution < 1.29 is 27.1 Å². The third-order valence-electron chi connectivity index (χ3n) is 5.19. The molecule has 2 rings (SSSR count). The summed E-state index contributed by atoms with van der Waals surface area (Å²) in [5.41, 5.74) is 1.14. The molecule has 0 radical (unpaired) electrons. The minimum absolute atomic E-state index is 0.0324. The molecule has 2 aromatic rings. The van der Waals surface area contributed by atoms with Crippen LogP contribution < -0.4 is 14.4 Å². The number of carbonyl (C=O) groups excluding carboxylic acids is 2. The van der Waals surface area contributed by atoms with Crippen LogP contribution in [0, 0.1) is 5.82 Å². The van der Waals surface area contributed by atoms with Gasteiger partial charge in [-0.25, -0.2) is 12.8 Å². The van der Waals surface area contributed by atoms with Gasteiger partial charge in [-0.15, -0.1) is 0 Å². The van der Waals surface area contributed by atoms with E-state index in [0.29, 0.717) is 11.4 Å². The summed E-state index contributed by atoms with van der Waals surface area (Å²) in [6, 6.07) is 11.6. The summed E-state index contributed by atoms with van der Waals surface area (Å²) in [6.45, 7) is 1.90. The summed E-state index contributed by atoms with van der Waals surface area (Å²) in [5.74, 6) is -0.382. The fraction of sp³-hybridized carbons (Fsp3) is 0.391. The highest BCUT2D eigenvalue weighted by molar-refractivity contribution is 7.92. The number of ether oxygens (including phenoxy) is 1. The van der Waals surface area contributed by atoms with Crippen molar-refractivity contribution in [1.29, 1.82) is 0 Å². The Morgan fingerprint density at radius 3 is 2.21 bits per heavy atom. The molecule has 1 atom stereocenters. The maximum atomic E-state index is 13.2. The summed E-state index contributed by atoms with van der Waals surface area (Å²) in [6.07, 6.45) is 1.31. The van der Waals surface area contributed by atoms with Gasteiger partial charge >= 0.3 is 0 Å². The molecule has 0 aliphatic heterocycles. The van der Waals surface area contributed by atoms with Gasteiger partial charge in [-0.05, 0) is 55.3 Å². The van der Waals surface area contributed by atoms with Gasteiger partial charge in [-0.1, -0.05) is 12.1 Å². The zero-order valence-electron chi connectivity index (χ0n) is 19.2. The van der Waals surface area contributed by atoms with Crippen molar-refractivity contribution >= 4 is 27.5 Å². The average Bonchev–Trinajstić information content (AvgIpc) is 2.79. The topological polar surface area (TPSA) is 96.0 Å². The first-order valence-electron chi connectivity index (χ1n) is 10.4. The Bertz CT molecular complexity index is 1040. The Labute approximate surface area is 194 Å². The third kappa shape index (κ3) is 7.45. The van der Waals surface area contributed by atoms with Crippen molar-refractivity contribution in [3.05, 3.63) is 59.9 Å². The van der Waals surface area contributed by atoms with Gasteiger partial charge in [-0.3, -0.25) is 13.9 Å². The van der Waals surface area contributed by atoms with Crippen molar-refractivity contribution in [3.63, 3.8) is 0 Å². The molecule has 1 N–H and O–H groups in total. The van der Waals surface area contributed by atoms with Crippen molar-refractivity contribution in [2.45, 2.75) is 32.4 Å². The second-order valence-electron chi connectivity index (χ2n) is 7.58. The van der Waals surface area contributed by atoms with Crippen LogP contribution in [0.25, 0.3) is 0 Å². The van der Waals surface area contributed by atoms with Crippen LogP contribution in [0.1, 0.15) is 25.3 Å². The number of carbonyl (C=O) groups is 2. The van der Waals surface area contributed by atoms with Gasteiger partial charge < -0.3 is 15.0 Å². The fourth-order valence-electron chi connectivity index (χ4n) is 3.33. The molecule has 180 valence electrons. The lowest BCUT2D eigenvalue weighted by Crippen LogP contribution is -2.46. The van der Waals surface area contributed by atoms with Crippen LogP contribution in [0.3, 0.4) is 0 Å². The van der Waals surface area contributed by atoms with Gasteiger partial charge in [-0.2, -0.15) is 0 Å². The molecule has 0 saturated carbocycles. The third-order valence-corrected chi connectivity index (χ3v) is 6.39. The zero-order valence-corrected chi connectivity index (χ0v) is 20.1. The van der Waals surface area contributed by atoms with Crippen LogP contribution in [0.15, 0.2) is 48.5 Å². The molecule has 0 unspecified atom stereocenters. The van der Waals surface area contributed by atoms with Gasteiger partial charge in [0.15, 0.2) is 0 Å². The molecule has 10 heteroatoms. The van der Waals surface area contributed by atoms with Crippen molar-refractivity contribution in [2.75, 3.05) is 31.3 Å². The largest absolute Gasteiger partial charge is 0.497 e. The van der Waals surface area contributed by atoms with Crippen LogP contribution >= 0.6 is 0 Å². The smallest absolute Gasteiger partial charge is 0.242 e. The number of hydrogen-bond donors (Lipinski definition) is 1. The number of anilines is 1. The van der Waals surface area contributed by atoms with E-state index in [2.05, 4.69) is 5.32 Å². The van der Waals surface area contributed by atoms with Crippen LogP contribution in [-0.2, 0) is 26.2 Å². The Hall–Kier alpha value is -3.14. The number of sulfonamides is 1. The lowest BCUT2D eigenvalue weighted by molar-refractivity contribution is -0.140. The van der Waals surface area contributed by atoms with Crippen molar-refractivity contribution in [2.24, 2.45) is 0 Å². The predicted octanol–water partition coefficient (Wildman–Crippen LogP) is 2.54. The van der Waals surface area contributed by atoms with E-state index in [-0.39, 0.29) is 37.7 Å². The molecule has 0 fully saturated rings. The average molecular weight is 480 g/mol. The summed E-state index contributed by atoms with van der Waals surface area (Å²) < 4.78 is 44.0. The Morgan fingerprint density at radius 2 is 1.70 bits per heavy atom. The number of methoxy groups -OCH3 is 1. The Balaban J connectivity index is 2.13. The zero-order chi connectivity index (χ0) is 24.6. The SMILES string of the molecule is CNC(=O)[C@H](C)N(Cc1ccc(OC)cc1)C(=O)CCCN(c1ccc(F)cc1)S(C)(=O)=O. The van der Waals surface area contributed by atoms with E-state index in [9.17, 15) is 22.4 Å². The van der Waals surface area contributed by atoms with Gasteiger partial charge in [0, 0.05) is 26.6 Å². The van der Waals surface area contributed by atoms with Crippen LogP contribution in [0.5, 0.6) is 5.75 Å². The predicted molar refractivity (Wildman–Crippen MR) is 125 cm³/mol. The van der Waals surface area contributed by atoms with E-state index >= 15 is 0 Å². The quantitative estimate of drug-likeness (QED) is 0.534. The lowest BCUT2D eigenvalue weighted by atomic mass is 10.1. The van der Waals surface area contributed by atoms with Gasteiger partial charge in [0.2, 0.25) is 21.8 Å². The van der Waals surface area contributed by atoms with E-state index in [4.69, 9.17) is 4.74 Å². The summed E-state index contributed by atoms with van der Waals surface area (Å²) >= 11 is 0. The molecule has 0 bridgehead atoms. The number of rotatable bonds is 11. The minimum atomic E-state index is -3.63. The first kappa shape index (κ1) is 26.1. The highest BCUT2D eigenvalue weighted by atomic mass is 32.2. The Morgan fingerprint density at radius 1 is 1.09 bits per heavy atom. The maximum Gasteiger partial charge on any atom is 0.242 e. The van der Waals surface area contributed by atoms with Crippen LogP contribution in [0.2, 0.25) is 0 Å². The second kappa shape index (κ2) is 11.6. The van der Waals surface area contributed by atoms with E-state index in [1.54, 1.807) is 26.2 Å². The number of nitrogens with zero attached hydrogens (tertiary/aromatic N) is 2. The number of nitrogens with one attached hydrogen (secondary N) is 1. The van der Waals surface area contributed by atoms with Crippen molar-refractivity contribution in [3.8, 4) is 5.75 Å². The fourth-order valence-corrected chi connectivity index (χ4v) is 4.30. The number of hydrogen-bond acceptors (Lipinski definition) is 5. The normalized spacial score (nSPS) is 12.0. The molecule has 0 aliphatic rings. The molecule has 2 aromatic carbocycles. The first-order valence-corrected chi connectivity index (χ1v) is 12.3. The highest BCUT2D eigenvalue weighted by Gasteiger charge is 2.26. The van der Waals surface area contributed by atoms with Crippen LogP contribution in [0.4, 0.5) is 10.1 Å².